The summed E-state index contributed by atoms with van der Waals surface area (Å²) < 4.78 is 26.0. The van der Waals surface area contributed by atoms with Crippen LogP contribution in [0.5, 0.6) is 0 Å². The molecule has 3 aliphatic rings. The normalized spacial score (nSPS) is 21.7. The Balaban J connectivity index is 1.25. The fourth-order valence-corrected chi connectivity index (χ4v) is 8.29. The van der Waals surface area contributed by atoms with Crippen molar-refractivity contribution < 1.29 is 18.0 Å². The monoisotopic (exact) mass is 643 g/mol. The van der Waals surface area contributed by atoms with Crippen LogP contribution in [0.4, 0.5) is 0 Å². The molecule has 11 heteroatoms. The lowest BCUT2D eigenvalue weighted by atomic mass is 9.79. The number of benzene rings is 2. The van der Waals surface area contributed by atoms with E-state index < -0.39 is 16.1 Å². The summed E-state index contributed by atoms with van der Waals surface area (Å²) in [5, 5.41) is 7.13. The maximum Gasteiger partial charge on any atom is 0.245 e. The minimum Gasteiger partial charge on any atom is -0.344 e. The zero-order chi connectivity index (χ0) is 31.5. The van der Waals surface area contributed by atoms with Crippen LogP contribution in [0.25, 0.3) is 0 Å². The largest absolute Gasteiger partial charge is 0.344 e. The molecule has 5 rings (SSSR count). The van der Waals surface area contributed by atoms with Gasteiger partial charge in [0.2, 0.25) is 21.8 Å². The second kappa shape index (κ2) is 13.9. The Bertz CT molecular complexity index is 1420. The number of halogens is 1. The van der Waals surface area contributed by atoms with Gasteiger partial charge in [-0.05, 0) is 54.0 Å². The van der Waals surface area contributed by atoms with Crippen molar-refractivity contribution in [3.05, 3.63) is 70.2 Å². The van der Waals surface area contributed by atoms with Crippen molar-refractivity contribution in [3.8, 4) is 0 Å². The molecule has 2 aromatic rings. The maximum atomic E-state index is 14.0. The summed E-state index contributed by atoms with van der Waals surface area (Å²) in [6.07, 6.45) is 4.51. The highest BCUT2D eigenvalue weighted by atomic mass is 35.5. The second-order valence-corrected chi connectivity index (χ2v) is 15.5. The smallest absolute Gasteiger partial charge is 0.245 e. The first-order valence-electron chi connectivity index (χ1n) is 15.8. The van der Waals surface area contributed by atoms with E-state index in [-0.39, 0.29) is 29.8 Å². The van der Waals surface area contributed by atoms with Crippen LogP contribution in [0.2, 0.25) is 5.02 Å². The molecule has 0 saturated carbocycles. The van der Waals surface area contributed by atoms with E-state index in [0.29, 0.717) is 43.5 Å². The molecule has 9 nitrogen and oxygen atoms in total. The number of rotatable bonds is 10. The fourth-order valence-electron chi connectivity index (χ4n) is 7.32. The van der Waals surface area contributed by atoms with E-state index in [1.54, 1.807) is 4.31 Å². The Hall–Kier alpha value is -2.50. The molecule has 1 unspecified atom stereocenters. The molecule has 44 heavy (non-hydrogen) atoms. The molecule has 2 amide bonds. The van der Waals surface area contributed by atoms with E-state index in [9.17, 15) is 18.0 Å². The molecule has 2 N–H and O–H groups in total. The molecule has 0 spiro atoms. The van der Waals surface area contributed by atoms with Gasteiger partial charge in [0.05, 0.1) is 6.26 Å². The molecule has 3 aliphatic heterocycles. The van der Waals surface area contributed by atoms with Gasteiger partial charge < -0.3 is 15.5 Å². The standard InChI is InChI=1S/C33H46ClN5O4S/c1-24(2)22-33(12-14-39(15-13-33)44(3,42)43)38-18-16-37(17-19-38)32(41)30(20-25-8-10-27(34)11-9-25)36-31(40)21-29-28-7-5-4-6-26(28)23-35-29/h4-11,24,29-30,35H,12-23H2,1-3H3,(H,36,40)/t29?,30-/m1/s1. The van der Waals surface area contributed by atoms with Gasteiger partial charge in [0.15, 0.2) is 0 Å². The van der Waals surface area contributed by atoms with E-state index in [0.717, 1.165) is 50.0 Å². The number of piperazine rings is 1. The molecule has 0 aliphatic carbocycles. The van der Waals surface area contributed by atoms with E-state index in [4.69, 9.17) is 11.6 Å². The van der Waals surface area contributed by atoms with Crippen molar-refractivity contribution in [1.29, 1.82) is 0 Å². The summed E-state index contributed by atoms with van der Waals surface area (Å²) >= 11 is 6.11. The molecule has 0 radical (unpaired) electrons. The van der Waals surface area contributed by atoms with Crippen molar-refractivity contribution in [2.24, 2.45) is 5.92 Å². The minimum absolute atomic E-state index is 0.0717. The molecular formula is C33H46ClN5O4S. The number of sulfonamides is 1. The van der Waals surface area contributed by atoms with Crippen molar-refractivity contribution in [2.45, 2.75) is 70.1 Å². The molecule has 3 heterocycles. The number of fused-ring (bicyclic) bond motifs is 1. The van der Waals surface area contributed by atoms with Crippen LogP contribution in [0.1, 0.15) is 62.3 Å². The molecule has 2 saturated heterocycles. The van der Waals surface area contributed by atoms with Crippen molar-refractivity contribution in [3.63, 3.8) is 0 Å². The van der Waals surface area contributed by atoms with Gasteiger partial charge in [-0.2, -0.15) is 0 Å². The lowest BCUT2D eigenvalue weighted by Crippen LogP contribution is -2.63. The predicted octanol–water partition coefficient (Wildman–Crippen LogP) is 3.59. The van der Waals surface area contributed by atoms with Crippen LogP contribution in [0.15, 0.2) is 48.5 Å². The van der Waals surface area contributed by atoms with E-state index in [1.165, 1.54) is 11.8 Å². The highest BCUT2D eigenvalue weighted by molar-refractivity contribution is 7.88. The van der Waals surface area contributed by atoms with Gasteiger partial charge in [0.25, 0.3) is 0 Å². The minimum atomic E-state index is -3.21. The van der Waals surface area contributed by atoms with E-state index in [2.05, 4.69) is 41.5 Å². The SMILES string of the molecule is CC(C)CC1(N2CCN(C(=O)[C@@H](Cc3ccc(Cl)cc3)NC(=O)CC3NCc4ccccc43)CC2)CCN(S(C)(=O)=O)CC1. The van der Waals surface area contributed by atoms with Gasteiger partial charge in [-0.1, -0.05) is 61.8 Å². The van der Waals surface area contributed by atoms with Crippen LogP contribution in [0.3, 0.4) is 0 Å². The first-order valence-corrected chi connectivity index (χ1v) is 18.0. The second-order valence-electron chi connectivity index (χ2n) is 13.1. The quantitative estimate of drug-likeness (QED) is 0.411. The van der Waals surface area contributed by atoms with Crippen LogP contribution in [0, 0.1) is 5.92 Å². The average molecular weight is 644 g/mol. The van der Waals surface area contributed by atoms with Crippen LogP contribution in [-0.4, -0.2) is 91.4 Å². The number of hydrogen-bond acceptors (Lipinski definition) is 6. The third-order valence-corrected chi connectivity index (χ3v) is 11.1. The topological polar surface area (TPSA) is 102 Å². The van der Waals surface area contributed by atoms with Gasteiger partial charge in [0.1, 0.15) is 6.04 Å². The third-order valence-electron chi connectivity index (χ3n) is 9.52. The van der Waals surface area contributed by atoms with Crippen molar-refractivity contribution >= 4 is 33.4 Å². The maximum absolute atomic E-state index is 14.0. The van der Waals surface area contributed by atoms with Crippen molar-refractivity contribution in [2.75, 3.05) is 45.5 Å². The zero-order valence-corrected chi connectivity index (χ0v) is 27.7. The number of amides is 2. The van der Waals surface area contributed by atoms with Gasteiger partial charge in [-0.25, -0.2) is 12.7 Å². The molecule has 0 bridgehead atoms. The van der Waals surface area contributed by atoms with E-state index in [1.807, 2.05) is 41.3 Å². The van der Waals surface area contributed by atoms with Crippen molar-refractivity contribution in [1.82, 2.24) is 24.7 Å². The molecule has 2 atom stereocenters. The lowest BCUT2D eigenvalue weighted by molar-refractivity contribution is -0.139. The van der Waals surface area contributed by atoms with Crippen LogP contribution < -0.4 is 10.6 Å². The number of nitrogens with zero attached hydrogens (tertiary/aromatic N) is 3. The molecular weight excluding hydrogens is 598 g/mol. The van der Waals surface area contributed by atoms with Crippen LogP contribution >= 0.6 is 11.6 Å². The number of piperidine rings is 1. The number of hydrogen-bond donors (Lipinski definition) is 2. The molecule has 2 aromatic carbocycles. The summed E-state index contributed by atoms with van der Waals surface area (Å²) in [6, 6.07) is 14.8. The Kier molecular flexibility index (Phi) is 10.4. The van der Waals surface area contributed by atoms with Gasteiger partial charge in [-0.3, -0.25) is 14.5 Å². The highest BCUT2D eigenvalue weighted by Gasteiger charge is 2.43. The predicted molar refractivity (Wildman–Crippen MR) is 174 cm³/mol. The van der Waals surface area contributed by atoms with Crippen LogP contribution in [-0.2, 0) is 32.6 Å². The Morgan fingerprint density at radius 2 is 1.66 bits per heavy atom. The fraction of sp³-hybridized carbons (Fsp3) is 0.576. The molecule has 2 fully saturated rings. The van der Waals surface area contributed by atoms with Gasteiger partial charge in [-0.15, -0.1) is 0 Å². The summed E-state index contributed by atoms with van der Waals surface area (Å²) in [5.74, 6) is 0.246. The Morgan fingerprint density at radius 3 is 2.30 bits per heavy atom. The first-order chi connectivity index (χ1) is 20.9. The lowest BCUT2D eigenvalue weighted by Gasteiger charge is -2.52. The summed E-state index contributed by atoms with van der Waals surface area (Å²) in [7, 11) is -3.21. The highest BCUT2D eigenvalue weighted by Crippen LogP contribution is 2.36. The first kappa shape index (κ1) is 32.9. The van der Waals surface area contributed by atoms with Gasteiger partial charge >= 0.3 is 0 Å². The Labute approximate surface area is 267 Å². The molecule has 240 valence electrons. The summed E-state index contributed by atoms with van der Waals surface area (Å²) in [6.45, 7) is 8.81. The Morgan fingerprint density at radius 1 is 1.00 bits per heavy atom. The van der Waals surface area contributed by atoms with E-state index >= 15 is 0 Å². The average Bonchev–Trinajstić information content (AvgIpc) is 3.39. The summed E-state index contributed by atoms with van der Waals surface area (Å²) in [4.78, 5) is 31.7. The summed E-state index contributed by atoms with van der Waals surface area (Å²) in [5.41, 5.74) is 3.20. The number of carbonyl (C=O) groups excluding carboxylic acids is 2. The zero-order valence-electron chi connectivity index (χ0n) is 26.1. The third kappa shape index (κ3) is 7.83. The number of carbonyl (C=O) groups is 2. The molecule has 0 aromatic heterocycles. The number of nitrogens with one attached hydrogen (secondary N) is 2. The van der Waals surface area contributed by atoms with Gasteiger partial charge in [0, 0.05) is 75.3 Å².